The Morgan fingerprint density at radius 2 is 1.78 bits per heavy atom. The zero-order chi connectivity index (χ0) is 29.0. The van der Waals surface area contributed by atoms with Crippen molar-refractivity contribution in [3.63, 3.8) is 0 Å². The minimum atomic E-state index is -1.02. The Labute approximate surface area is 244 Å². The van der Waals surface area contributed by atoms with Gasteiger partial charge in [0.1, 0.15) is 5.54 Å². The summed E-state index contributed by atoms with van der Waals surface area (Å²) in [6.07, 6.45) is 3.52. The Hall–Kier alpha value is -4.80. The highest BCUT2D eigenvalue weighted by Crippen LogP contribution is 2.49. The number of hydrogen-bond donors (Lipinski definition) is 1. The molecular weight excluding hydrogens is 528 g/mol. The number of thiophene rings is 1. The molecule has 0 saturated heterocycles. The molecule has 0 spiro atoms. The molecule has 0 radical (unpaired) electrons. The number of allylic oxidation sites excluding steroid dienone is 1. The van der Waals surface area contributed by atoms with Crippen molar-refractivity contribution < 1.29 is 9.59 Å². The molecule has 6 nitrogen and oxygen atoms in total. The molecule has 2 N–H and O–H groups in total. The predicted molar refractivity (Wildman–Crippen MR) is 164 cm³/mol. The van der Waals surface area contributed by atoms with E-state index in [0.29, 0.717) is 5.56 Å². The van der Waals surface area contributed by atoms with Crippen LogP contribution in [-0.2, 0) is 15.1 Å². The third kappa shape index (κ3) is 5.74. The highest BCUT2D eigenvalue weighted by atomic mass is 32.1. The lowest BCUT2D eigenvalue weighted by Crippen LogP contribution is -2.55. The molecule has 4 aromatic rings. The van der Waals surface area contributed by atoms with Crippen molar-refractivity contribution in [1.29, 1.82) is 5.26 Å². The number of guanidine groups is 1. The van der Waals surface area contributed by atoms with Gasteiger partial charge in [0, 0.05) is 24.3 Å². The first-order chi connectivity index (χ1) is 19.8. The molecule has 0 aliphatic carbocycles. The number of carbonyl (C=O) groups excluding carboxylic acids is 2. The highest BCUT2D eigenvalue weighted by molar-refractivity contribution is 7.10. The van der Waals surface area contributed by atoms with Gasteiger partial charge in [-0.1, -0.05) is 78.9 Å². The molecule has 0 fully saturated rings. The number of aliphatic imine (C=N–C) groups is 1. The summed E-state index contributed by atoms with van der Waals surface area (Å²) in [5.41, 5.74) is 9.51. The topological polar surface area (TPSA) is 99.5 Å². The van der Waals surface area contributed by atoms with Gasteiger partial charge in [-0.05, 0) is 58.8 Å². The average molecular weight is 559 g/mol. The van der Waals surface area contributed by atoms with Crippen LogP contribution in [0.2, 0.25) is 0 Å². The van der Waals surface area contributed by atoms with Crippen LogP contribution in [-0.4, -0.2) is 29.6 Å². The van der Waals surface area contributed by atoms with Crippen LogP contribution in [0.15, 0.2) is 107 Å². The normalized spacial score (nSPS) is 19.5. The number of nitrogens with two attached hydrogens (primary N) is 1. The van der Waals surface area contributed by atoms with Crippen molar-refractivity contribution in [2.24, 2.45) is 16.6 Å². The first-order valence-electron chi connectivity index (χ1n) is 13.3. The van der Waals surface area contributed by atoms with Crippen molar-refractivity contribution in [3.05, 3.63) is 124 Å². The molecule has 7 heteroatoms. The van der Waals surface area contributed by atoms with Gasteiger partial charge in [-0.25, -0.2) is 4.99 Å². The van der Waals surface area contributed by atoms with Crippen molar-refractivity contribution >= 4 is 35.1 Å². The number of hydrogen-bond acceptors (Lipinski definition) is 6. The Balaban J connectivity index is 1.57. The first kappa shape index (κ1) is 27.8. The summed E-state index contributed by atoms with van der Waals surface area (Å²) >= 11 is 1.50. The lowest BCUT2D eigenvalue weighted by atomic mass is 9.70. The molecule has 1 unspecified atom stereocenters. The fourth-order valence-electron chi connectivity index (χ4n) is 5.40. The lowest BCUT2D eigenvalue weighted by Gasteiger charge is -2.43. The lowest BCUT2D eigenvalue weighted by molar-refractivity contribution is -0.135. The van der Waals surface area contributed by atoms with Gasteiger partial charge in [-0.15, -0.1) is 11.3 Å². The van der Waals surface area contributed by atoms with E-state index in [2.05, 4.69) is 6.07 Å². The summed E-state index contributed by atoms with van der Waals surface area (Å²) in [5.74, 6) is -1.27. The standard InChI is InChI=1S/C34H30N4O2S/c1-34(30-19-27(22-41-30)26-15-9-12-24(18-26)21-35)31(32(40)38(2)33(36)37-34)29(25-13-7-4-8-14-25)20-28(39)17-16-23-10-5-3-6-11-23/h3-19,22,29,31H,20H2,1-2H3,(H2,36,37)/t29?,31-,34+/m0/s1. The summed E-state index contributed by atoms with van der Waals surface area (Å²) in [4.78, 5) is 34.6. The van der Waals surface area contributed by atoms with E-state index >= 15 is 0 Å². The van der Waals surface area contributed by atoms with Gasteiger partial charge in [0.05, 0.1) is 17.6 Å². The number of ketones is 1. The molecule has 3 atom stereocenters. The third-order valence-corrected chi connectivity index (χ3v) is 8.79. The molecule has 2 heterocycles. The first-order valence-corrected chi connectivity index (χ1v) is 14.2. The number of rotatable bonds is 8. The molecule has 0 saturated carbocycles. The number of nitriles is 1. The van der Waals surface area contributed by atoms with E-state index in [1.54, 1.807) is 25.3 Å². The minimum Gasteiger partial charge on any atom is -0.369 e. The Bertz CT molecular complexity index is 1670. The second-order valence-corrected chi connectivity index (χ2v) is 11.2. The van der Waals surface area contributed by atoms with Crippen LogP contribution in [0, 0.1) is 17.2 Å². The van der Waals surface area contributed by atoms with Gasteiger partial charge >= 0.3 is 0 Å². The number of carbonyl (C=O) groups is 2. The Morgan fingerprint density at radius 3 is 2.49 bits per heavy atom. The van der Waals surface area contributed by atoms with Crippen LogP contribution in [0.3, 0.4) is 0 Å². The van der Waals surface area contributed by atoms with Gasteiger partial charge < -0.3 is 5.73 Å². The van der Waals surface area contributed by atoms with Crippen LogP contribution in [0.1, 0.15) is 40.8 Å². The average Bonchev–Trinajstić information content (AvgIpc) is 3.51. The summed E-state index contributed by atoms with van der Waals surface area (Å²) in [6.45, 7) is 1.93. The fourth-order valence-corrected chi connectivity index (χ4v) is 6.47. The van der Waals surface area contributed by atoms with Crippen LogP contribution >= 0.6 is 11.3 Å². The quantitative estimate of drug-likeness (QED) is 0.254. The molecule has 1 aliphatic heterocycles. The third-order valence-electron chi connectivity index (χ3n) is 7.63. The van der Waals surface area contributed by atoms with E-state index in [9.17, 15) is 14.9 Å². The molecular formula is C34H30N4O2S. The molecule has 1 aromatic heterocycles. The Kier molecular flexibility index (Phi) is 7.95. The maximum atomic E-state index is 14.1. The van der Waals surface area contributed by atoms with Gasteiger partial charge in [-0.2, -0.15) is 5.26 Å². The summed E-state index contributed by atoms with van der Waals surface area (Å²) in [7, 11) is 1.63. The van der Waals surface area contributed by atoms with E-state index in [4.69, 9.17) is 10.7 Å². The van der Waals surface area contributed by atoms with E-state index in [1.165, 1.54) is 16.2 Å². The molecule has 204 valence electrons. The number of benzene rings is 3. The molecule has 1 amide bonds. The van der Waals surface area contributed by atoms with Gasteiger partial charge in [0.15, 0.2) is 11.7 Å². The summed E-state index contributed by atoms with van der Waals surface area (Å²) in [5, 5.41) is 11.4. The van der Waals surface area contributed by atoms with Crippen molar-refractivity contribution in [1.82, 2.24) is 4.90 Å². The second-order valence-electron chi connectivity index (χ2n) is 10.3. The van der Waals surface area contributed by atoms with Gasteiger partial charge in [0.25, 0.3) is 0 Å². The smallest absolute Gasteiger partial charge is 0.235 e. The maximum Gasteiger partial charge on any atom is 0.235 e. The molecule has 3 aromatic carbocycles. The minimum absolute atomic E-state index is 0.0804. The Morgan fingerprint density at radius 1 is 1.07 bits per heavy atom. The molecule has 41 heavy (non-hydrogen) atoms. The van der Waals surface area contributed by atoms with Crippen molar-refractivity contribution in [2.75, 3.05) is 7.05 Å². The van der Waals surface area contributed by atoms with E-state index in [0.717, 1.165) is 27.1 Å². The number of amides is 1. The zero-order valence-electron chi connectivity index (χ0n) is 22.9. The van der Waals surface area contributed by atoms with Crippen molar-refractivity contribution in [3.8, 4) is 17.2 Å². The highest BCUT2D eigenvalue weighted by Gasteiger charge is 2.51. The predicted octanol–water partition coefficient (Wildman–Crippen LogP) is 6.36. The molecule has 0 bridgehead atoms. The fraction of sp³-hybridized carbons (Fsp3) is 0.176. The van der Waals surface area contributed by atoms with Gasteiger partial charge in [-0.3, -0.25) is 14.5 Å². The summed E-state index contributed by atoms with van der Waals surface area (Å²) < 4.78 is 0. The second kappa shape index (κ2) is 11.7. The summed E-state index contributed by atoms with van der Waals surface area (Å²) in [6, 6.07) is 30.9. The van der Waals surface area contributed by atoms with Crippen LogP contribution in [0.4, 0.5) is 0 Å². The zero-order valence-corrected chi connectivity index (χ0v) is 23.7. The van der Waals surface area contributed by atoms with Gasteiger partial charge in [0.2, 0.25) is 5.91 Å². The molecule has 5 rings (SSSR count). The number of nitrogens with zero attached hydrogens (tertiary/aromatic N) is 3. The largest absolute Gasteiger partial charge is 0.369 e. The monoisotopic (exact) mass is 558 g/mol. The van der Waals surface area contributed by atoms with Crippen LogP contribution in [0.25, 0.3) is 17.2 Å². The van der Waals surface area contributed by atoms with E-state index < -0.39 is 17.4 Å². The van der Waals surface area contributed by atoms with Crippen molar-refractivity contribution in [2.45, 2.75) is 24.8 Å². The van der Waals surface area contributed by atoms with E-state index in [1.807, 2.05) is 97.2 Å². The molecule has 1 aliphatic rings. The SMILES string of the molecule is CN1C(=O)[C@H](C(CC(=O)C=Cc2ccccc2)c2ccccc2)[C@@](C)(c2cc(-c3cccc(C#N)c3)cs2)N=C1N. The van der Waals surface area contributed by atoms with Crippen LogP contribution in [0.5, 0.6) is 0 Å². The van der Waals surface area contributed by atoms with E-state index in [-0.39, 0.29) is 24.1 Å². The van der Waals surface area contributed by atoms with Crippen LogP contribution < -0.4 is 5.73 Å². The maximum absolute atomic E-state index is 14.1.